The third-order valence-electron chi connectivity index (χ3n) is 6.61. The number of ether oxygens (including phenoxy) is 1. The molecule has 3 aromatic heterocycles. The highest BCUT2D eigenvalue weighted by Gasteiger charge is 2.33. The van der Waals surface area contributed by atoms with Gasteiger partial charge in [0.05, 0.1) is 29.5 Å². The van der Waals surface area contributed by atoms with Crippen LogP contribution in [0, 0.1) is 0 Å². The molecule has 6 rings (SSSR count). The van der Waals surface area contributed by atoms with Gasteiger partial charge in [-0.15, -0.1) is 0 Å². The summed E-state index contributed by atoms with van der Waals surface area (Å²) in [5.74, 6) is 1.36. The van der Waals surface area contributed by atoms with E-state index in [1.54, 1.807) is 17.2 Å². The van der Waals surface area contributed by atoms with Crippen molar-refractivity contribution in [3.8, 4) is 22.7 Å². The second-order valence-corrected chi connectivity index (χ2v) is 11.0. The molecule has 0 saturated heterocycles. The Hall–Kier alpha value is -4.30. The summed E-state index contributed by atoms with van der Waals surface area (Å²) in [7, 11) is 0. The van der Waals surface area contributed by atoms with Gasteiger partial charge < -0.3 is 10.1 Å². The van der Waals surface area contributed by atoms with Crippen LogP contribution in [-0.2, 0) is 6.61 Å². The molecule has 38 heavy (non-hydrogen) atoms. The third-order valence-corrected chi connectivity index (χ3v) is 6.61. The highest BCUT2D eigenvalue weighted by atomic mass is 16.5. The molecule has 5 aromatic rings. The normalized spacial score (nSPS) is 16.4. The number of hydrogen-bond acceptors (Lipinski definition) is 6. The number of hydrogen-bond donors (Lipinski definition) is 1. The lowest BCUT2D eigenvalue weighted by atomic mass is 9.82. The van der Waals surface area contributed by atoms with Gasteiger partial charge in [-0.05, 0) is 63.5 Å². The number of fused-ring (bicyclic) bond motifs is 1. The largest absolute Gasteiger partial charge is 0.488 e. The van der Waals surface area contributed by atoms with Crippen LogP contribution in [0.4, 0.5) is 0 Å². The van der Waals surface area contributed by atoms with E-state index in [9.17, 15) is 0 Å². The van der Waals surface area contributed by atoms with Gasteiger partial charge in [-0.3, -0.25) is 4.40 Å². The Morgan fingerprint density at radius 1 is 0.921 bits per heavy atom. The van der Waals surface area contributed by atoms with Crippen molar-refractivity contribution < 1.29 is 4.74 Å². The molecule has 0 fully saturated rings. The summed E-state index contributed by atoms with van der Waals surface area (Å²) in [5, 5.41) is 12.2. The summed E-state index contributed by atoms with van der Waals surface area (Å²) < 4.78 is 8.28. The summed E-state index contributed by atoms with van der Waals surface area (Å²) in [6.07, 6.45) is 10.5. The Labute approximate surface area is 222 Å². The lowest BCUT2D eigenvalue weighted by Crippen LogP contribution is -2.53. The van der Waals surface area contributed by atoms with Gasteiger partial charge in [0.1, 0.15) is 12.4 Å². The molecule has 192 valence electrons. The number of aromatic nitrogens is 6. The molecular weight excluding hydrogens is 474 g/mol. The summed E-state index contributed by atoms with van der Waals surface area (Å²) in [6, 6.07) is 18.1. The maximum absolute atomic E-state index is 6.32. The molecule has 8 nitrogen and oxygen atoms in total. The molecule has 2 aromatic carbocycles. The van der Waals surface area contributed by atoms with Gasteiger partial charge >= 0.3 is 0 Å². The summed E-state index contributed by atoms with van der Waals surface area (Å²) in [5.41, 5.74) is 5.63. The van der Waals surface area contributed by atoms with Crippen molar-refractivity contribution in [3.63, 3.8) is 0 Å². The van der Waals surface area contributed by atoms with Crippen LogP contribution >= 0.6 is 0 Å². The lowest BCUT2D eigenvalue weighted by molar-refractivity contribution is 0.297. The fourth-order valence-electron chi connectivity index (χ4n) is 5.31. The molecular formula is C30H31N7O. The zero-order valence-electron chi connectivity index (χ0n) is 22.1. The molecule has 0 bridgehead atoms. The third kappa shape index (κ3) is 4.95. The first-order chi connectivity index (χ1) is 18.2. The monoisotopic (exact) mass is 505 g/mol. The first-order valence-electron chi connectivity index (χ1n) is 12.8. The maximum Gasteiger partial charge on any atom is 0.234 e. The highest BCUT2D eigenvalue weighted by Crippen LogP contribution is 2.34. The molecule has 1 aliphatic heterocycles. The molecule has 0 atom stereocenters. The van der Waals surface area contributed by atoms with Crippen molar-refractivity contribution in [3.05, 3.63) is 96.7 Å². The van der Waals surface area contributed by atoms with Crippen molar-refractivity contribution in [2.75, 3.05) is 0 Å². The topological polar surface area (TPSA) is 82.2 Å². The number of imidazole rings is 1. The maximum atomic E-state index is 6.32. The minimum Gasteiger partial charge on any atom is -0.488 e. The minimum absolute atomic E-state index is 0.0157. The van der Waals surface area contributed by atoms with E-state index in [0.29, 0.717) is 18.1 Å². The van der Waals surface area contributed by atoms with Crippen LogP contribution in [0.3, 0.4) is 0 Å². The van der Waals surface area contributed by atoms with Crippen LogP contribution in [0.25, 0.3) is 28.3 Å². The molecule has 0 radical (unpaired) electrons. The Kier molecular flexibility index (Phi) is 5.84. The molecule has 0 saturated carbocycles. The molecule has 1 N–H and O–H groups in total. The van der Waals surface area contributed by atoms with Crippen molar-refractivity contribution in [2.45, 2.75) is 51.8 Å². The van der Waals surface area contributed by atoms with E-state index in [4.69, 9.17) is 14.7 Å². The first-order valence-corrected chi connectivity index (χ1v) is 12.8. The van der Waals surface area contributed by atoms with Crippen LogP contribution in [-0.4, -0.2) is 40.4 Å². The average molecular weight is 506 g/mol. The van der Waals surface area contributed by atoms with Crippen molar-refractivity contribution in [1.82, 2.24) is 34.7 Å². The number of benzene rings is 2. The highest BCUT2D eigenvalue weighted by molar-refractivity contribution is 5.72. The Morgan fingerprint density at radius 3 is 2.45 bits per heavy atom. The smallest absolute Gasteiger partial charge is 0.234 e. The Balaban J connectivity index is 1.37. The molecule has 1 aliphatic rings. The van der Waals surface area contributed by atoms with Gasteiger partial charge in [-0.25, -0.2) is 9.97 Å². The minimum atomic E-state index is -0.109. The Morgan fingerprint density at radius 2 is 1.68 bits per heavy atom. The van der Waals surface area contributed by atoms with E-state index < -0.39 is 0 Å². The summed E-state index contributed by atoms with van der Waals surface area (Å²) in [4.78, 5) is 11.4. The SMILES string of the molecule is CC1(C)C=C(c2ccn3cc(-c4ccc(-n5nccn5)cc4OCc4ccccc4)nc3n2)CC(C)(C)N1. The van der Waals surface area contributed by atoms with E-state index in [0.717, 1.165) is 34.6 Å². The van der Waals surface area contributed by atoms with Gasteiger partial charge in [0, 0.05) is 35.1 Å². The summed E-state index contributed by atoms with van der Waals surface area (Å²) in [6.45, 7) is 9.28. The van der Waals surface area contributed by atoms with Crippen LogP contribution in [0.5, 0.6) is 5.75 Å². The van der Waals surface area contributed by atoms with Gasteiger partial charge in [-0.1, -0.05) is 36.4 Å². The van der Waals surface area contributed by atoms with Gasteiger partial charge in [0.15, 0.2) is 0 Å². The van der Waals surface area contributed by atoms with E-state index >= 15 is 0 Å². The molecule has 8 heteroatoms. The lowest BCUT2D eigenvalue weighted by Gasteiger charge is -2.41. The zero-order chi connectivity index (χ0) is 26.3. The molecule has 0 unspecified atom stereocenters. The second kappa shape index (κ2) is 9.22. The number of nitrogens with zero attached hydrogens (tertiary/aromatic N) is 6. The summed E-state index contributed by atoms with van der Waals surface area (Å²) >= 11 is 0. The van der Waals surface area contributed by atoms with E-state index in [1.807, 2.05) is 65.3 Å². The molecule has 0 amide bonds. The standard InChI is InChI=1S/C30H31N7O/c1-29(2)17-22(18-30(3,4)35-29)25-12-15-36-19-26(34-28(36)33-25)24-11-10-23(37-31-13-14-32-37)16-27(24)38-20-21-8-6-5-7-9-21/h5-17,19,35H,18,20H2,1-4H3. The molecule has 0 spiro atoms. The van der Waals surface area contributed by atoms with Gasteiger partial charge in [0.2, 0.25) is 5.78 Å². The Bertz CT molecular complexity index is 1620. The number of nitrogens with one attached hydrogen (secondary N) is 1. The van der Waals surface area contributed by atoms with Crippen LogP contribution < -0.4 is 10.1 Å². The van der Waals surface area contributed by atoms with E-state index in [-0.39, 0.29) is 11.1 Å². The van der Waals surface area contributed by atoms with Gasteiger partial charge in [0.25, 0.3) is 0 Å². The first kappa shape index (κ1) is 24.1. The predicted octanol–water partition coefficient (Wildman–Crippen LogP) is 5.49. The molecule has 0 aliphatic carbocycles. The number of rotatable bonds is 6. The molecule has 4 heterocycles. The average Bonchev–Trinajstić information content (AvgIpc) is 3.56. The van der Waals surface area contributed by atoms with E-state index in [1.165, 1.54) is 5.57 Å². The van der Waals surface area contributed by atoms with Crippen LogP contribution in [0.1, 0.15) is 45.4 Å². The van der Waals surface area contributed by atoms with Crippen molar-refractivity contribution >= 4 is 11.4 Å². The van der Waals surface area contributed by atoms with Crippen molar-refractivity contribution in [2.24, 2.45) is 0 Å². The van der Waals surface area contributed by atoms with Crippen LogP contribution in [0.2, 0.25) is 0 Å². The fourth-order valence-corrected chi connectivity index (χ4v) is 5.31. The predicted molar refractivity (Wildman–Crippen MR) is 148 cm³/mol. The quantitative estimate of drug-likeness (QED) is 0.329. The fraction of sp³-hybridized carbons (Fsp3) is 0.267. The zero-order valence-corrected chi connectivity index (χ0v) is 22.1. The van der Waals surface area contributed by atoms with Crippen LogP contribution in [0.15, 0.2) is 85.5 Å². The van der Waals surface area contributed by atoms with Crippen molar-refractivity contribution in [1.29, 1.82) is 0 Å². The van der Waals surface area contributed by atoms with E-state index in [2.05, 4.69) is 55.4 Å². The van der Waals surface area contributed by atoms with Gasteiger partial charge in [-0.2, -0.15) is 15.0 Å². The second-order valence-electron chi connectivity index (χ2n) is 11.0.